The lowest BCUT2D eigenvalue weighted by atomic mass is 10.1. The zero-order valence-corrected chi connectivity index (χ0v) is 9.32. The molecule has 88 valence electrons. The summed E-state index contributed by atoms with van der Waals surface area (Å²) in [5, 5.41) is 0. The first-order valence-electron chi connectivity index (χ1n) is 4.81. The van der Waals surface area contributed by atoms with Gasteiger partial charge in [0.15, 0.2) is 0 Å². The summed E-state index contributed by atoms with van der Waals surface area (Å²) in [5.41, 5.74) is 2.13. The number of ether oxygens (including phenoxy) is 1. The molecule has 0 bridgehead atoms. The number of alkyl halides is 3. The number of allylic oxidation sites excluding steroid dienone is 3. The van der Waals surface area contributed by atoms with E-state index in [1.807, 2.05) is 13.8 Å². The van der Waals surface area contributed by atoms with Crippen LogP contribution in [0.3, 0.4) is 0 Å². The fraction of sp³-hybridized carbons (Fsp3) is 0.636. The van der Waals surface area contributed by atoms with Crippen LogP contribution in [0.25, 0.3) is 0 Å². The summed E-state index contributed by atoms with van der Waals surface area (Å²) in [6.07, 6.45) is 0.619. The molecule has 0 aromatic rings. The molecular weight excluding hydrogens is 205 g/mol. The highest BCUT2D eigenvalue weighted by molar-refractivity contribution is 5.02. The predicted molar refractivity (Wildman–Crippen MR) is 54.4 cm³/mol. The van der Waals surface area contributed by atoms with Gasteiger partial charge in [-0.3, -0.25) is 4.74 Å². The smallest absolute Gasteiger partial charge is 0.288 e. The second-order valence-electron chi connectivity index (χ2n) is 3.63. The van der Waals surface area contributed by atoms with Gasteiger partial charge in [0, 0.05) is 0 Å². The highest BCUT2D eigenvalue weighted by atomic mass is 19.4. The Morgan fingerprint density at radius 3 is 2.20 bits per heavy atom. The van der Waals surface area contributed by atoms with Gasteiger partial charge in [-0.05, 0) is 33.6 Å². The fourth-order valence-electron chi connectivity index (χ4n) is 0.969. The van der Waals surface area contributed by atoms with Gasteiger partial charge in [0.05, 0.1) is 6.61 Å². The van der Waals surface area contributed by atoms with Crippen LogP contribution in [0.5, 0.6) is 0 Å². The van der Waals surface area contributed by atoms with Gasteiger partial charge in [0.2, 0.25) is 0 Å². The van der Waals surface area contributed by atoms with E-state index in [-0.39, 0.29) is 0 Å². The van der Waals surface area contributed by atoms with E-state index in [0.29, 0.717) is 0 Å². The molecule has 0 aromatic carbocycles. The summed E-state index contributed by atoms with van der Waals surface area (Å²) in [5.74, 6) is 0. The maximum atomic E-state index is 11.6. The van der Waals surface area contributed by atoms with Crippen molar-refractivity contribution in [2.24, 2.45) is 0 Å². The summed E-state index contributed by atoms with van der Waals surface area (Å²) >= 11 is 0. The van der Waals surface area contributed by atoms with Gasteiger partial charge in [-0.1, -0.05) is 23.3 Å². The van der Waals surface area contributed by atoms with Crippen molar-refractivity contribution in [3.05, 3.63) is 23.3 Å². The molecule has 0 aromatic heterocycles. The van der Waals surface area contributed by atoms with E-state index in [1.54, 1.807) is 6.92 Å². The predicted octanol–water partition coefficient (Wildman–Crippen LogP) is 4.22. The van der Waals surface area contributed by atoms with E-state index in [2.05, 4.69) is 10.8 Å². The molecule has 0 heterocycles. The van der Waals surface area contributed by atoms with Crippen molar-refractivity contribution in [3.8, 4) is 0 Å². The Balaban J connectivity index is 3.75. The zero-order valence-electron chi connectivity index (χ0n) is 9.32. The number of hydrogen-bond acceptors (Lipinski definition) is 1. The highest BCUT2D eigenvalue weighted by Crippen LogP contribution is 2.16. The molecule has 4 heteroatoms. The third-order valence-electron chi connectivity index (χ3n) is 1.77. The van der Waals surface area contributed by atoms with E-state index in [0.717, 1.165) is 18.4 Å². The quantitative estimate of drug-likeness (QED) is 0.633. The third-order valence-corrected chi connectivity index (χ3v) is 1.77. The van der Waals surface area contributed by atoms with Crippen molar-refractivity contribution in [2.75, 3.05) is 6.61 Å². The molecule has 0 amide bonds. The summed E-state index contributed by atoms with van der Waals surface area (Å²) in [4.78, 5) is 0. The Kier molecular flexibility index (Phi) is 6.32. The number of halogens is 3. The van der Waals surface area contributed by atoms with Crippen molar-refractivity contribution in [1.82, 2.24) is 0 Å². The second kappa shape index (κ2) is 6.67. The molecular formula is C11H17F3O. The molecule has 0 saturated heterocycles. The highest BCUT2D eigenvalue weighted by Gasteiger charge is 2.28. The average Bonchev–Trinajstić information content (AvgIpc) is 2.00. The summed E-state index contributed by atoms with van der Waals surface area (Å²) in [6, 6.07) is 0. The van der Waals surface area contributed by atoms with Crippen LogP contribution in [0.2, 0.25) is 0 Å². The molecule has 0 atom stereocenters. The lowest BCUT2D eigenvalue weighted by molar-refractivity contribution is -0.319. The Labute approximate surface area is 88.6 Å². The fourth-order valence-corrected chi connectivity index (χ4v) is 0.969. The molecule has 1 nitrogen and oxygen atoms in total. The maximum absolute atomic E-state index is 11.6. The molecule has 0 radical (unpaired) electrons. The van der Waals surface area contributed by atoms with Gasteiger partial charge >= 0.3 is 6.36 Å². The Hall–Kier alpha value is -0.770. The van der Waals surface area contributed by atoms with E-state index < -0.39 is 13.0 Å². The van der Waals surface area contributed by atoms with Crippen LogP contribution >= 0.6 is 0 Å². The molecule has 0 saturated carbocycles. The van der Waals surface area contributed by atoms with Crippen LogP contribution in [0.1, 0.15) is 33.6 Å². The summed E-state index contributed by atoms with van der Waals surface area (Å²) < 4.78 is 38.4. The third kappa shape index (κ3) is 11.2. The van der Waals surface area contributed by atoms with Gasteiger partial charge in [-0.25, -0.2) is 0 Å². The first kappa shape index (κ1) is 14.2. The average molecular weight is 222 g/mol. The lowest BCUT2D eigenvalue weighted by Gasteiger charge is -2.05. The molecule has 0 spiro atoms. The molecule has 0 fully saturated rings. The van der Waals surface area contributed by atoms with Crippen LogP contribution in [0.4, 0.5) is 13.2 Å². The first-order valence-corrected chi connectivity index (χ1v) is 4.81. The normalized spacial score (nSPS) is 12.8. The molecule has 0 unspecified atom stereocenters. The van der Waals surface area contributed by atoms with Crippen molar-refractivity contribution in [1.29, 1.82) is 0 Å². The second-order valence-corrected chi connectivity index (χ2v) is 3.63. The van der Waals surface area contributed by atoms with E-state index in [1.165, 1.54) is 11.6 Å². The first-order chi connectivity index (χ1) is 6.81. The number of hydrogen-bond donors (Lipinski definition) is 0. The van der Waals surface area contributed by atoms with Crippen LogP contribution in [-0.2, 0) is 4.74 Å². The van der Waals surface area contributed by atoms with Gasteiger partial charge in [0.25, 0.3) is 0 Å². The molecule has 0 aliphatic rings. The molecule has 0 aliphatic carbocycles. The van der Waals surface area contributed by atoms with E-state index in [9.17, 15) is 13.2 Å². The van der Waals surface area contributed by atoms with Crippen LogP contribution in [0, 0.1) is 0 Å². The van der Waals surface area contributed by atoms with Gasteiger partial charge in [0.1, 0.15) is 0 Å². The number of rotatable bonds is 5. The zero-order chi connectivity index (χ0) is 11.9. The molecule has 15 heavy (non-hydrogen) atoms. The summed E-state index contributed by atoms with van der Waals surface area (Å²) in [6.45, 7) is 5.39. The maximum Gasteiger partial charge on any atom is 0.522 e. The van der Waals surface area contributed by atoms with Crippen LogP contribution in [-0.4, -0.2) is 13.0 Å². The minimum atomic E-state index is -4.53. The van der Waals surface area contributed by atoms with Crippen molar-refractivity contribution >= 4 is 0 Å². The Bertz CT molecular complexity index is 235. The van der Waals surface area contributed by atoms with Crippen LogP contribution in [0.15, 0.2) is 23.3 Å². The molecule has 0 N–H and O–H groups in total. The minimum Gasteiger partial charge on any atom is -0.288 e. The SMILES string of the molecule is CC(C)=CCC/C(C)=C/COC(F)(F)F. The Morgan fingerprint density at radius 1 is 1.13 bits per heavy atom. The monoisotopic (exact) mass is 222 g/mol. The van der Waals surface area contributed by atoms with Gasteiger partial charge in [-0.2, -0.15) is 0 Å². The molecule has 0 aliphatic heterocycles. The minimum absolute atomic E-state index is 0.399. The molecule has 0 rings (SSSR count). The standard InChI is InChI=1S/C11H17F3O/c1-9(2)5-4-6-10(3)7-8-15-11(12,13)14/h5,7H,4,6,8H2,1-3H3/b10-7+. The largest absolute Gasteiger partial charge is 0.522 e. The van der Waals surface area contributed by atoms with Crippen molar-refractivity contribution < 1.29 is 17.9 Å². The van der Waals surface area contributed by atoms with Crippen molar-refractivity contribution in [2.45, 2.75) is 40.0 Å². The summed E-state index contributed by atoms with van der Waals surface area (Å²) in [7, 11) is 0. The van der Waals surface area contributed by atoms with E-state index >= 15 is 0 Å². The van der Waals surface area contributed by atoms with Gasteiger partial charge < -0.3 is 0 Å². The van der Waals surface area contributed by atoms with Gasteiger partial charge in [-0.15, -0.1) is 13.2 Å². The van der Waals surface area contributed by atoms with Crippen LogP contribution < -0.4 is 0 Å². The van der Waals surface area contributed by atoms with Crippen molar-refractivity contribution in [3.63, 3.8) is 0 Å². The topological polar surface area (TPSA) is 9.23 Å². The lowest BCUT2D eigenvalue weighted by Crippen LogP contribution is -2.13. The Morgan fingerprint density at radius 2 is 1.73 bits per heavy atom. The van der Waals surface area contributed by atoms with E-state index in [4.69, 9.17) is 0 Å².